The largest absolute Gasteiger partial charge is 0.396 e. The third-order valence-electron chi connectivity index (χ3n) is 2.74. The predicted octanol–water partition coefficient (Wildman–Crippen LogP) is 0.642. The zero-order chi connectivity index (χ0) is 11.3. The molecule has 88 valence electrons. The summed E-state index contributed by atoms with van der Waals surface area (Å²) in [4.78, 5) is 13.9. The second kappa shape index (κ2) is 6.08. The van der Waals surface area contributed by atoms with Crippen molar-refractivity contribution in [3.8, 4) is 0 Å². The maximum Gasteiger partial charge on any atom is 0.228 e. The van der Waals surface area contributed by atoms with Crippen LogP contribution in [-0.2, 0) is 9.53 Å². The smallest absolute Gasteiger partial charge is 0.228 e. The zero-order valence-corrected chi connectivity index (χ0v) is 9.61. The number of rotatable bonds is 5. The molecule has 1 aliphatic rings. The van der Waals surface area contributed by atoms with Crippen LogP contribution in [0.3, 0.4) is 0 Å². The summed E-state index contributed by atoms with van der Waals surface area (Å²) in [7, 11) is 0. The fraction of sp³-hybridized carbons (Fsp3) is 0.909. The fourth-order valence-corrected chi connectivity index (χ4v) is 1.83. The Morgan fingerprint density at radius 2 is 2.33 bits per heavy atom. The first kappa shape index (κ1) is 12.5. The molecule has 0 bridgehead atoms. The molecule has 15 heavy (non-hydrogen) atoms. The van der Waals surface area contributed by atoms with Crippen molar-refractivity contribution in [3.63, 3.8) is 0 Å². The quantitative estimate of drug-likeness (QED) is 0.732. The van der Waals surface area contributed by atoms with Gasteiger partial charge in [-0.15, -0.1) is 0 Å². The van der Waals surface area contributed by atoms with Crippen molar-refractivity contribution >= 4 is 5.91 Å². The van der Waals surface area contributed by atoms with Crippen LogP contribution in [0.2, 0.25) is 0 Å². The lowest BCUT2D eigenvalue weighted by Crippen LogP contribution is -2.42. The number of carbonyl (C=O) groups excluding carboxylic acids is 1. The minimum atomic E-state index is 0.0334. The Morgan fingerprint density at radius 1 is 1.60 bits per heavy atom. The molecule has 1 amide bonds. The molecule has 0 aromatic carbocycles. The van der Waals surface area contributed by atoms with Crippen molar-refractivity contribution in [1.29, 1.82) is 0 Å². The summed E-state index contributed by atoms with van der Waals surface area (Å²) in [6, 6.07) is 0.199. The van der Waals surface area contributed by atoms with E-state index in [4.69, 9.17) is 9.84 Å². The number of aliphatic hydroxyl groups is 1. The molecule has 0 aromatic rings. The molecule has 1 unspecified atom stereocenters. The minimum absolute atomic E-state index is 0.0334. The van der Waals surface area contributed by atoms with Crippen LogP contribution in [0.5, 0.6) is 0 Å². The van der Waals surface area contributed by atoms with Gasteiger partial charge >= 0.3 is 0 Å². The number of hydrogen-bond acceptors (Lipinski definition) is 3. The van der Waals surface area contributed by atoms with Crippen molar-refractivity contribution in [2.45, 2.75) is 32.7 Å². The molecule has 1 N–H and O–H groups in total. The standard InChI is InChI=1S/C11H21NO3/c1-9(2)12(5-3-6-13)11(14)10-4-7-15-8-10/h9-10,13H,3-8H2,1-2H3. The Kier molecular flexibility index (Phi) is 5.05. The second-order valence-electron chi connectivity index (χ2n) is 4.26. The molecule has 0 aromatic heterocycles. The molecule has 1 rings (SSSR count). The molecule has 1 fully saturated rings. The van der Waals surface area contributed by atoms with E-state index in [0.717, 1.165) is 6.42 Å². The first-order chi connectivity index (χ1) is 7.16. The highest BCUT2D eigenvalue weighted by molar-refractivity contribution is 5.79. The van der Waals surface area contributed by atoms with E-state index in [1.165, 1.54) is 0 Å². The summed E-state index contributed by atoms with van der Waals surface area (Å²) in [5.74, 6) is 0.210. The Hall–Kier alpha value is -0.610. The van der Waals surface area contributed by atoms with Gasteiger partial charge in [-0.25, -0.2) is 0 Å². The maximum atomic E-state index is 12.1. The Morgan fingerprint density at radius 3 is 2.80 bits per heavy atom. The topological polar surface area (TPSA) is 49.8 Å². The van der Waals surface area contributed by atoms with Crippen molar-refractivity contribution < 1.29 is 14.6 Å². The van der Waals surface area contributed by atoms with Gasteiger partial charge in [-0.05, 0) is 26.7 Å². The maximum absolute atomic E-state index is 12.1. The van der Waals surface area contributed by atoms with Crippen LogP contribution < -0.4 is 0 Å². The highest BCUT2D eigenvalue weighted by Gasteiger charge is 2.28. The molecule has 0 radical (unpaired) electrons. The molecule has 0 aliphatic carbocycles. The molecule has 1 atom stereocenters. The van der Waals surface area contributed by atoms with E-state index in [1.807, 2.05) is 18.7 Å². The summed E-state index contributed by atoms with van der Waals surface area (Å²) >= 11 is 0. The van der Waals surface area contributed by atoms with Gasteiger partial charge in [0.15, 0.2) is 0 Å². The van der Waals surface area contributed by atoms with Gasteiger partial charge in [-0.3, -0.25) is 4.79 Å². The predicted molar refractivity (Wildman–Crippen MR) is 57.5 cm³/mol. The minimum Gasteiger partial charge on any atom is -0.396 e. The summed E-state index contributed by atoms with van der Waals surface area (Å²) < 4.78 is 5.22. The lowest BCUT2D eigenvalue weighted by Gasteiger charge is -2.28. The van der Waals surface area contributed by atoms with Crippen LogP contribution in [0.25, 0.3) is 0 Å². The van der Waals surface area contributed by atoms with Gasteiger partial charge in [0.2, 0.25) is 5.91 Å². The normalized spacial score (nSPS) is 20.9. The number of nitrogens with zero attached hydrogens (tertiary/aromatic N) is 1. The number of amides is 1. The molecule has 4 heteroatoms. The molecular weight excluding hydrogens is 194 g/mol. The Labute approximate surface area is 91.2 Å². The Balaban J connectivity index is 2.49. The van der Waals surface area contributed by atoms with Crippen LogP contribution in [0, 0.1) is 5.92 Å². The van der Waals surface area contributed by atoms with Crippen LogP contribution in [0.15, 0.2) is 0 Å². The lowest BCUT2D eigenvalue weighted by molar-refractivity contribution is -0.137. The highest BCUT2D eigenvalue weighted by Crippen LogP contribution is 2.17. The Bertz CT molecular complexity index is 200. The van der Waals surface area contributed by atoms with E-state index in [0.29, 0.717) is 26.2 Å². The van der Waals surface area contributed by atoms with Gasteiger partial charge in [0.05, 0.1) is 12.5 Å². The molecule has 0 saturated carbocycles. The van der Waals surface area contributed by atoms with Gasteiger partial charge in [-0.2, -0.15) is 0 Å². The number of hydrogen-bond donors (Lipinski definition) is 1. The van der Waals surface area contributed by atoms with Crippen LogP contribution in [0.4, 0.5) is 0 Å². The van der Waals surface area contributed by atoms with Crippen molar-refractivity contribution in [2.24, 2.45) is 5.92 Å². The fourth-order valence-electron chi connectivity index (χ4n) is 1.83. The van der Waals surface area contributed by atoms with E-state index in [9.17, 15) is 4.79 Å². The van der Waals surface area contributed by atoms with Crippen molar-refractivity contribution in [2.75, 3.05) is 26.4 Å². The molecule has 1 saturated heterocycles. The van der Waals surface area contributed by atoms with E-state index < -0.39 is 0 Å². The highest BCUT2D eigenvalue weighted by atomic mass is 16.5. The van der Waals surface area contributed by atoms with E-state index in [-0.39, 0.29) is 24.5 Å². The van der Waals surface area contributed by atoms with Gasteiger partial charge in [-0.1, -0.05) is 0 Å². The third-order valence-corrected chi connectivity index (χ3v) is 2.74. The molecule has 1 aliphatic heterocycles. The summed E-state index contributed by atoms with van der Waals surface area (Å²) in [6.07, 6.45) is 1.48. The molecule has 1 heterocycles. The van der Waals surface area contributed by atoms with Crippen molar-refractivity contribution in [1.82, 2.24) is 4.90 Å². The monoisotopic (exact) mass is 215 g/mol. The zero-order valence-electron chi connectivity index (χ0n) is 9.61. The van der Waals surface area contributed by atoms with E-state index in [1.54, 1.807) is 0 Å². The number of aliphatic hydroxyl groups excluding tert-OH is 1. The molecular formula is C11H21NO3. The first-order valence-electron chi connectivity index (χ1n) is 5.66. The van der Waals surface area contributed by atoms with Gasteiger partial charge in [0.25, 0.3) is 0 Å². The van der Waals surface area contributed by atoms with E-state index in [2.05, 4.69) is 0 Å². The average molecular weight is 215 g/mol. The summed E-state index contributed by atoms with van der Waals surface area (Å²) in [5.41, 5.74) is 0. The van der Waals surface area contributed by atoms with Gasteiger partial charge in [0.1, 0.15) is 0 Å². The lowest BCUT2D eigenvalue weighted by atomic mass is 10.1. The average Bonchev–Trinajstić information content (AvgIpc) is 2.70. The third kappa shape index (κ3) is 3.47. The van der Waals surface area contributed by atoms with Gasteiger partial charge in [0, 0.05) is 25.8 Å². The van der Waals surface area contributed by atoms with Crippen LogP contribution in [0.1, 0.15) is 26.7 Å². The number of carbonyl (C=O) groups is 1. The number of ether oxygens (including phenoxy) is 1. The second-order valence-corrected chi connectivity index (χ2v) is 4.26. The summed E-state index contributed by atoms with van der Waals surface area (Å²) in [5, 5.41) is 8.78. The SMILES string of the molecule is CC(C)N(CCCO)C(=O)C1CCOC1. The van der Waals surface area contributed by atoms with Crippen LogP contribution >= 0.6 is 0 Å². The van der Waals surface area contributed by atoms with Crippen molar-refractivity contribution in [3.05, 3.63) is 0 Å². The molecule has 4 nitrogen and oxygen atoms in total. The van der Waals surface area contributed by atoms with Gasteiger partial charge < -0.3 is 14.7 Å². The first-order valence-corrected chi connectivity index (χ1v) is 5.66. The van der Waals surface area contributed by atoms with E-state index >= 15 is 0 Å². The van der Waals surface area contributed by atoms with Crippen LogP contribution in [-0.4, -0.2) is 48.3 Å². The molecule has 0 spiro atoms. The summed E-state index contributed by atoms with van der Waals surface area (Å²) in [6.45, 7) is 6.04.